The van der Waals surface area contributed by atoms with Crippen molar-refractivity contribution in [1.82, 2.24) is 19.5 Å². The van der Waals surface area contributed by atoms with Crippen LogP contribution in [0.3, 0.4) is 0 Å². The molecule has 3 aromatic heterocycles. The van der Waals surface area contributed by atoms with Crippen LogP contribution in [0.2, 0.25) is 0 Å². The summed E-state index contributed by atoms with van der Waals surface area (Å²) in [6, 6.07) is 7.02. The number of amides is 1. The van der Waals surface area contributed by atoms with Gasteiger partial charge in [0.25, 0.3) is 11.5 Å². The zero-order valence-corrected chi connectivity index (χ0v) is 14.2. The number of carbonyl (C=O) groups excluding carboxylic acids is 1. The molecule has 1 amide bonds. The van der Waals surface area contributed by atoms with E-state index in [1.165, 1.54) is 15.9 Å². The molecule has 1 unspecified atom stereocenters. The van der Waals surface area contributed by atoms with Crippen molar-refractivity contribution in [1.29, 1.82) is 0 Å². The van der Waals surface area contributed by atoms with Crippen LogP contribution < -0.4 is 5.56 Å². The van der Waals surface area contributed by atoms with Crippen molar-refractivity contribution >= 4 is 22.9 Å². The first kappa shape index (κ1) is 15.1. The van der Waals surface area contributed by atoms with Gasteiger partial charge in [0.1, 0.15) is 0 Å². The van der Waals surface area contributed by atoms with Gasteiger partial charge in [-0.3, -0.25) is 14.7 Å². The summed E-state index contributed by atoms with van der Waals surface area (Å²) in [6.45, 7) is 2.70. The number of nitrogens with one attached hydrogen (secondary N) is 1. The number of aromatic amines is 1. The number of aryl methyl sites for hydroxylation is 1. The lowest BCUT2D eigenvalue weighted by Crippen LogP contribution is -2.39. The zero-order valence-electron chi connectivity index (χ0n) is 13.4. The summed E-state index contributed by atoms with van der Waals surface area (Å²) >= 11 is 1.51. The number of fused-ring (bicyclic) bond motifs is 1. The van der Waals surface area contributed by atoms with Gasteiger partial charge in [0.05, 0.1) is 16.6 Å². The Morgan fingerprint density at radius 2 is 2.21 bits per heavy atom. The number of carbonyl (C=O) groups is 1. The molecule has 7 heteroatoms. The second-order valence-corrected chi connectivity index (χ2v) is 7.38. The molecule has 124 valence electrons. The molecule has 3 aromatic rings. The van der Waals surface area contributed by atoms with Gasteiger partial charge in [0.2, 0.25) is 0 Å². The third-order valence-corrected chi connectivity index (χ3v) is 5.45. The Kier molecular flexibility index (Phi) is 3.72. The molecule has 0 aliphatic carbocycles. The number of H-pyrrole nitrogens is 1. The lowest BCUT2D eigenvalue weighted by molar-refractivity contribution is 0.0611. The van der Waals surface area contributed by atoms with Crippen LogP contribution in [-0.2, 0) is 0 Å². The third-order valence-electron chi connectivity index (χ3n) is 4.46. The Bertz CT molecular complexity index is 955. The highest BCUT2D eigenvalue weighted by Crippen LogP contribution is 2.32. The minimum atomic E-state index is -0.148. The lowest BCUT2D eigenvalue weighted by atomic mass is 9.98. The van der Waals surface area contributed by atoms with Crippen molar-refractivity contribution in [2.24, 2.45) is 0 Å². The molecule has 0 saturated carbocycles. The summed E-state index contributed by atoms with van der Waals surface area (Å²) in [4.78, 5) is 33.5. The Morgan fingerprint density at radius 3 is 3.00 bits per heavy atom. The maximum absolute atomic E-state index is 12.9. The van der Waals surface area contributed by atoms with Crippen LogP contribution in [-0.4, -0.2) is 31.9 Å². The Labute approximate surface area is 142 Å². The fourth-order valence-corrected chi connectivity index (χ4v) is 4.11. The fourth-order valence-electron chi connectivity index (χ4n) is 3.29. The maximum atomic E-state index is 12.9. The topological polar surface area (TPSA) is 70.5 Å². The van der Waals surface area contributed by atoms with Gasteiger partial charge in [-0.25, -0.2) is 9.50 Å². The fraction of sp³-hybridized carbons (Fsp3) is 0.353. The zero-order chi connectivity index (χ0) is 16.7. The maximum Gasteiger partial charge on any atom is 0.272 e. The number of thiophene rings is 1. The Balaban J connectivity index is 1.73. The number of piperidine rings is 1. The van der Waals surface area contributed by atoms with Crippen molar-refractivity contribution in [3.63, 3.8) is 0 Å². The summed E-state index contributed by atoms with van der Waals surface area (Å²) in [5, 5.41) is 2.84. The summed E-state index contributed by atoms with van der Waals surface area (Å²) in [6.07, 6.45) is 4.54. The third kappa shape index (κ3) is 2.54. The van der Waals surface area contributed by atoms with Crippen LogP contribution in [0.25, 0.3) is 5.65 Å². The normalized spacial score (nSPS) is 18.2. The molecule has 24 heavy (non-hydrogen) atoms. The van der Waals surface area contributed by atoms with Crippen LogP contribution in [0.15, 0.2) is 35.3 Å². The molecule has 1 saturated heterocycles. The van der Waals surface area contributed by atoms with E-state index in [1.54, 1.807) is 18.3 Å². The van der Waals surface area contributed by atoms with Crippen LogP contribution >= 0.6 is 11.3 Å². The molecule has 0 aromatic carbocycles. The Morgan fingerprint density at radius 1 is 1.33 bits per heavy atom. The summed E-state index contributed by atoms with van der Waals surface area (Å²) in [7, 11) is 0. The molecule has 0 radical (unpaired) electrons. The predicted octanol–water partition coefficient (Wildman–Crippen LogP) is 2.76. The number of likely N-dealkylation sites (tertiary alicyclic amines) is 1. The van der Waals surface area contributed by atoms with E-state index in [2.05, 4.69) is 10.1 Å². The summed E-state index contributed by atoms with van der Waals surface area (Å²) in [5.74, 6) is 0.0360. The van der Waals surface area contributed by atoms with Gasteiger partial charge >= 0.3 is 0 Å². The lowest BCUT2D eigenvalue weighted by Gasteiger charge is -2.35. The molecule has 1 aliphatic heterocycles. The van der Waals surface area contributed by atoms with Crippen LogP contribution in [0.1, 0.15) is 45.5 Å². The first-order chi connectivity index (χ1) is 11.6. The van der Waals surface area contributed by atoms with Gasteiger partial charge in [-0.05, 0) is 38.3 Å². The van der Waals surface area contributed by atoms with E-state index in [1.807, 2.05) is 24.0 Å². The van der Waals surface area contributed by atoms with E-state index in [0.717, 1.165) is 29.0 Å². The molecular formula is C17H18N4O2S. The molecule has 1 atom stereocenters. The van der Waals surface area contributed by atoms with Gasteiger partial charge in [0, 0.05) is 29.8 Å². The van der Waals surface area contributed by atoms with E-state index in [4.69, 9.17) is 0 Å². The van der Waals surface area contributed by atoms with Crippen molar-refractivity contribution in [2.75, 3.05) is 6.54 Å². The first-order valence-corrected chi connectivity index (χ1v) is 8.89. The molecule has 6 nitrogen and oxygen atoms in total. The van der Waals surface area contributed by atoms with Gasteiger partial charge in [0.15, 0.2) is 5.65 Å². The van der Waals surface area contributed by atoms with Crippen molar-refractivity contribution < 1.29 is 4.79 Å². The SMILES string of the molecule is Cc1ccc(C(=O)N2CCCCC2c2cc(=O)n3[nH]ccc3n2)s1. The highest BCUT2D eigenvalue weighted by Gasteiger charge is 2.30. The average Bonchev–Trinajstić information content (AvgIpc) is 3.23. The van der Waals surface area contributed by atoms with Gasteiger partial charge in [-0.15, -0.1) is 11.3 Å². The molecule has 0 spiro atoms. The van der Waals surface area contributed by atoms with Crippen molar-refractivity contribution in [2.45, 2.75) is 32.2 Å². The second kappa shape index (κ2) is 5.90. The van der Waals surface area contributed by atoms with Gasteiger partial charge in [-0.1, -0.05) is 0 Å². The van der Waals surface area contributed by atoms with Crippen LogP contribution in [0.4, 0.5) is 0 Å². The quantitative estimate of drug-likeness (QED) is 0.778. The minimum absolute atomic E-state index is 0.0360. The molecule has 4 heterocycles. The first-order valence-electron chi connectivity index (χ1n) is 8.08. The molecule has 1 aliphatic rings. The van der Waals surface area contributed by atoms with Crippen molar-refractivity contribution in [3.8, 4) is 0 Å². The van der Waals surface area contributed by atoms with Gasteiger partial charge in [-0.2, -0.15) is 0 Å². The highest BCUT2D eigenvalue weighted by atomic mass is 32.1. The van der Waals surface area contributed by atoms with E-state index >= 15 is 0 Å². The highest BCUT2D eigenvalue weighted by molar-refractivity contribution is 7.13. The monoisotopic (exact) mass is 342 g/mol. The van der Waals surface area contributed by atoms with E-state index in [-0.39, 0.29) is 17.5 Å². The Hall–Kier alpha value is -2.41. The standard InChI is InChI=1S/C17H18N4O2S/c1-11-5-6-14(24-11)17(23)20-9-3-2-4-13(20)12-10-16(22)21-15(19-12)7-8-18-21/h5-8,10,13,18H,2-4,9H2,1H3. The smallest absolute Gasteiger partial charge is 0.272 e. The van der Waals surface area contributed by atoms with Gasteiger partial charge < -0.3 is 4.90 Å². The van der Waals surface area contributed by atoms with Crippen molar-refractivity contribution in [3.05, 3.63) is 56.3 Å². The average molecular weight is 342 g/mol. The predicted molar refractivity (Wildman–Crippen MR) is 92.5 cm³/mol. The number of rotatable bonds is 2. The second-order valence-electron chi connectivity index (χ2n) is 6.10. The van der Waals surface area contributed by atoms with Crippen LogP contribution in [0, 0.1) is 6.92 Å². The van der Waals surface area contributed by atoms with E-state index in [9.17, 15) is 9.59 Å². The van der Waals surface area contributed by atoms with E-state index in [0.29, 0.717) is 17.9 Å². The summed E-state index contributed by atoms with van der Waals surface area (Å²) in [5.41, 5.74) is 1.12. The number of aromatic nitrogens is 3. The molecule has 0 bridgehead atoms. The van der Waals surface area contributed by atoms with E-state index < -0.39 is 0 Å². The molecule has 1 fully saturated rings. The largest absolute Gasteiger partial charge is 0.329 e. The number of nitrogens with zero attached hydrogens (tertiary/aromatic N) is 3. The molecule has 1 N–H and O–H groups in total. The molecular weight excluding hydrogens is 324 g/mol. The van der Waals surface area contributed by atoms with Crippen LogP contribution in [0.5, 0.6) is 0 Å². The minimum Gasteiger partial charge on any atom is -0.329 e. The molecule has 4 rings (SSSR count). The summed E-state index contributed by atoms with van der Waals surface area (Å²) < 4.78 is 1.40. The number of hydrogen-bond acceptors (Lipinski definition) is 4. The number of hydrogen-bond donors (Lipinski definition) is 1.